The summed E-state index contributed by atoms with van der Waals surface area (Å²) >= 11 is 12.1. The van der Waals surface area contributed by atoms with Crippen LogP contribution in [0.15, 0.2) is 66.7 Å². The number of Topliss-reactive ketones (excluding diaryl/α,β-unsaturated/α-hetero) is 1. The van der Waals surface area contributed by atoms with Gasteiger partial charge in [-0.3, -0.25) is 29.3 Å². The molecule has 0 saturated carbocycles. The van der Waals surface area contributed by atoms with Crippen LogP contribution in [0.25, 0.3) is 0 Å². The maximum atomic E-state index is 13.8. The SMILES string of the molecule is CC[C@@H](C(=O)c1ccccc1)N(C(=O)c1ccc(Cl)c(Cl)c1)N1C(=O)c2cccc([N+](=O)[O-])c2C1=O. The smallest absolute Gasteiger partial charge is 0.287 e. The van der Waals surface area contributed by atoms with Crippen LogP contribution in [0, 0.1) is 10.1 Å². The molecule has 9 nitrogen and oxygen atoms in total. The number of amides is 3. The minimum Gasteiger partial charge on any atom is -0.292 e. The minimum atomic E-state index is -1.30. The maximum Gasteiger partial charge on any atom is 0.287 e. The van der Waals surface area contributed by atoms with Crippen molar-refractivity contribution in [1.82, 2.24) is 10.0 Å². The summed E-state index contributed by atoms with van der Waals surface area (Å²) in [6, 6.07) is 14.3. The molecular weight excluding hydrogens is 509 g/mol. The maximum absolute atomic E-state index is 13.8. The minimum absolute atomic E-state index is 0.0241. The van der Waals surface area contributed by atoms with Crippen LogP contribution in [0.2, 0.25) is 10.0 Å². The molecular formula is C25H17Cl2N3O6. The van der Waals surface area contributed by atoms with E-state index in [-0.39, 0.29) is 33.2 Å². The van der Waals surface area contributed by atoms with Gasteiger partial charge < -0.3 is 0 Å². The van der Waals surface area contributed by atoms with Gasteiger partial charge in [0.1, 0.15) is 11.6 Å². The van der Waals surface area contributed by atoms with E-state index in [0.29, 0.717) is 5.01 Å². The molecule has 3 aromatic rings. The van der Waals surface area contributed by atoms with Crippen LogP contribution in [0.1, 0.15) is 54.8 Å². The fourth-order valence-electron chi connectivity index (χ4n) is 4.00. The Morgan fingerprint density at radius 3 is 2.25 bits per heavy atom. The average molecular weight is 526 g/mol. The molecule has 36 heavy (non-hydrogen) atoms. The van der Waals surface area contributed by atoms with Gasteiger partial charge in [-0.15, -0.1) is 0 Å². The summed E-state index contributed by atoms with van der Waals surface area (Å²) in [6.07, 6.45) is 0.0241. The van der Waals surface area contributed by atoms with Crippen LogP contribution >= 0.6 is 23.2 Å². The summed E-state index contributed by atoms with van der Waals surface area (Å²) in [6.45, 7) is 1.61. The van der Waals surface area contributed by atoms with E-state index >= 15 is 0 Å². The molecule has 182 valence electrons. The number of hydrazine groups is 1. The fraction of sp³-hybridized carbons (Fsp3) is 0.120. The molecule has 0 unspecified atom stereocenters. The molecule has 0 radical (unpaired) electrons. The lowest BCUT2D eigenvalue weighted by atomic mass is 10.0. The number of imide groups is 1. The summed E-state index contributed by atoms with van der Waals surface area (Å²) in [5.41, 5.74) is -1.09. The van der Waals surface area contributed by atoms with Crippen LogP contribution < -0.4 is 0 Å². The van der Waals surface area contributed by atoms with Crippen LogP contribution in [-0.4, -0.2) is 44.5 Å². The molecule has 1 aliphatic rings. The Hall–Kier alpha value is -4.08. The van der Waals surface area contributed by atoms with Gasteiger partial charge in [-0.25, -0.2) is 5.01 Å². The molecule has 1 aliphatic heterocycles. The number of carbonyl (C=O) groups excluding carboxylic acids is 4. The molecule has 11 heteroatoms. The van der Waals surface area contributed by atoms with Crippen LogP contribution in [0.4, 0.5) is 5.69 Å². The van der Waals surface area contributed by atoms with Gasteiger partial charge in [0.05, 0.1) is 20.5 Å². The van der Waals surface area contributed by atoms with Gasteiger partial charge in [0.15, 0.2) is 5.78 Å². The Labute approximate surface area is 214 Å². The third kappa shape index (κ3) is 4.23. The zero-order valence-corrected chi connectivity index (χ0v) is 20.2. The number of hydrogen-bond acceptors (Lipinski definition) is 6. The first kappa shape index (κ1) is 25.0. The van der Waals surface area contributed by atoms with Gasteiger partial charge in [0.25, 0.3) is 23.4 Å². The Balaban J connectivity index is 1.88. The topological polar surface area (TPSA) is 118 Å². The average Bonchev–Trinajstić information content (AvgIpc) is 3.13. The molecule has 0 spiro atoms. The first-order valence-electron chi connectivity index (χ1n) is 10.7. The number of halogens is 2. The number of ketones is 1. The molecule has 1 heterocycles. The first-order valence-corrected chi connectivity index (χ1v) is 11.5. The monoisotopic (exact) mass is 525 g/mol. The molecule has 4 rings (SSSR count). The number of fused-ring (bicyclic) bond motifs is 1. The molecule has 0 N–H and O–H groups in total. The highest BCUT2D eigenvalue weighted by Gasteiger charge is 2.48. The zero-order chi connectivity index (χ0) is 26.1. The molecule has 0 saturated heterocycles. The molecule has 1 atom stereocenters. The second-order valence-electron chi connectivity index (χ2n) is 7.81. The van der Waals surface area contributed by atoms with Crippen molar-refractivity contribution in [3.63, 3.8) is 0 Å². The predicted molar refractivity (Wildman–Crippen MR) is 131 cm³/mol. The van der Waals surface area contributed by atoms with E-state index in [0.717, 1.165) is 11.1 Å². The van der Waals surface area contributed by atoms with Crippen molar-refractivity contribution in [2.75, 3.05) is 0 Å². The number of benzene rings is 3. The number of rotatable bonds is 7. The zero-order valence-electron chi connectivity index (χ0n) is 18.7. The van der Waals surface area contributed by atoms with Gasteiger partial charge in [-0.1, -0.05) is 66.5 Å². The highest BCUT2D eigenvalue weighted by Crippen LogP contribution is 2.34. The summed E-state index contributed by atoms with van der Waals surface area (Å²) < 4.78 is 0. The van der Waals surface area contributed by atoms with Crippen molar-refractivity contribution in [2.45, 2.75) is 19.4 Å². The lowest BCUT2D eigenvalue weighted by molar-refractivity contribution is -0.385. The molecule has 0 bridgehead atoms. The predicted octanol–water partition coefficient (Wildman–Crippen LogP) is 5.22. The number of hydrogen-bond donors (Lipinski definition) is 0. The van der Waals surface area contributed by atoms with E-state index in [1.165, 1.54) is 30.3 Å². The molecule has 0 fully saturated rings. The molecule has 3 amide bonds. The van der Waals surface area contributed by atoms with E-state index in [1.54, 1.807) is 37.3 Å². The van der Waals surface area contributed by atoms with Crippen molar-refractivity contribution in [1.29, 1.82) is 0 Å². The number of carbonyl (C=O) groups is 4. The van der Waals surface area contributed by atoms with Gasteiger partial charge in [-0.05, 0) is 30.7 Å². The lowest BCUT2D eigenvalue weighted by Gasteiger charge is -2.35. The third-order valence-electron chi connectivity index (χ3n) is 5.70. The highest BCUT2D eigenvalue weighted by atomic mass is 35.5. The third-order valence-corrected chi connectivity index (χ3v) is 6.44. The number of nitro groups is 1. The largest absolute Gasteiger partial charge is 0.292 e. The summed E-state index contributed by atoms with van der Waals surface area (Å²) in [5.74, 6) is -3.47. The van der Waals surface area contributed by atoms with Crippen molar-refractivity contribution < 1.29 is 24.1 Å². The normalized spacial score (nSPS) is 13.4. The van der Waals surface area contributed by atoms with Crippen LogP contribution in [-0.2, 0) is 0 Å². The van der Waals surface area contributed by atoms with E-state index < -0.39 is 45.7 Å². The summed E-state index contributed by atoms with van der Waals surface area (Å²) in [7, 11) is 0. The van der Waals surface area contributed by atoms with Gasteiger partial charge in [0, 0.05) is 17.2 Å². The first-order chi connectivity index (χ1) is 17.2. The van der Waals surface area contributed by atoms with Gasteiger partial charge >= 0.3 is 0 Å². The van der Waals surface area contributed by atoms with E-state index in [2.05, 4.69) is 0 Å². The summed E-state index contributed by atoms with van der Waals surface area (Å²) in [4.78, 5) is 64.9. The van der Waals surface area contributed by atoms with Crippen LogP contribution in [0.3, 0.4) is 0 Å². The Kier molecular flexibility index (Phi) is 6.87. The number of nitro benzene ring substituents is 1. The van der Waals surface area contributed by atoms with Crippen LogP contribution in [0.5, 0.6) is 0 Å². The Morgan fingerprint density at radius 1 is 0.944 bits per heavy atom. The van der Waals surface area contributed by atoms with Crippen molar-refractivity contribution in [3.8, 4) is 0 Å². The van der Waals surface area contributed by atoms with Crippen molar-refractivity contribution in [3.05, 3.63) is 109 Å². The van der Waals surface area contributed by atoms with E-state index in [4.69, 9.17) is 23.2 Å². The second kappa shape index (κ2) is 9.88. The number of nitrogens with zero attached hydrogens (tertiary/aromatic N) is 3. The van der Waals surface area contributed by atoms with Crippen molar-refractivity contribution in [2.24, 2.45) is 0 Å². The lowest BCUT2D eigenvalue weighted by Crippen LogP contribution is -2.57. The summed E-state index contributed by atoms with van der Waals surface area (Å²) in [5, 5.41) is 13.0. The highest BCUT2D eigenvalue weighted by molar-refractivity contribution is 6.42. The second-order valence-corrected chi connectivity index (χ2v) is 8.63. The van der Waals surface area contributed by atoms with Crippen molar-refractivity contribution >= 4 is 52.4 Å². The van der Waals surface area contributed by atoms with E-state index in [9.17, 15) is 29.3 Å². The molecule has 3 aromatic carbocycles. The Bertz CT molecular complexity index is 1430. The van der Waals surface area contributed by atoms with E-state index in [1.807, 2.05) is 0 Å². The fourth-order valence-corrected chi connectivity index (χ4v) is 4.30. The van der Waals surface area contributed by atoms with Gasteiger partial charge in [0.2, 0.25) is 0 Å². The molecule has 0 aromatic heterocycles. The quantitative estimate of drug-likeness (QED) is 0.180. The standard InChI is InChI=1S/C25H17Cl2N3O6/c1-2-19(22(31)14-7-4-3-5-8-14)28(23(32)15-11-12-17(26)18(27)13-15)29-24(33)16-9-6-10-20(30(35)36)21(16)25(29)34/h3-13,19H,2H2,1H3/t19-/m0/s1. The Morgan fingerprint density at radius 2 is 1.64 bits per heavy atom. The van der Waals surface area contributed by atoms with Gasteiger partial charge in [-0.2, -0.15) is 5.01 Å². The molecule has 0 aliphatic carbocycles.